The molecule has 0 aliphatic heterocycles. The smallest absolute Gasteiger partial charge is 0.244 e. The van der Waals surface area contributed by atoms with Gasteiger partial charge in [0.15, 0.2) is 0 Å². The molecule has 2 aromatic carbocycles. The number of hydrogen-bond donors (Lipinski definition) is 1. The average molecular weight is 374 g/mol. The second kappa shape index (κ2) is 9.54. The number of carbonyl (C=O) groups is 1. The minimum atomic E-state index is -0.00259. The summed E-state index contributed by atoms with van der Waals surface area (Å²) >= 11 is 0. The Morgan fingerprint density at radius 1 is 1.07 bits per heavy atom. The van der Waals surface area contributed by atoms with Gasteiger partial charge in [0.1, 0.15) is 0 Å². The summed E-state index contributed by atoms with van der Waals surface area (Å²) in [5.74, 6) is 1.67. The minimum absolute atomic E-state index is 0.00259. The third-order valence-electron chi connectivity index (χ3n) is 5.15. The maximum atomic E-state index is 11.8. The SMILES string of the molecule is CC(C=CC1CC1c1ccc(Cc2ccccc2)cc1)=CC(=O)NCC(C)C. The monoisotopic (exact) mass is 373 g/mol. The van der Waals surface area contributed by atoms with Gasteiger partial charge < -0.3 is 5.32 Å². The molecule has 2 atom stereocenters. The maximum Gasteiger partial charge on any atom is 0.244 e. The fourth-order valence-electron chi connectivity index (χ4n) is 3.41. The number of benzene rings is 2. The first kappa shape index (κ1) is 20.1. The van der Waals surface area contributed by atoms with Crippen LogP contribution in [0.5, 0.6) is 0 Å². The van der Waals surface area contributed by atoms with Crippen LogP contribution >= 0.6 is 0 Å². The zero-order valence-electron chi connectivity index (χ0n) is 17.2. The molecule has 0 bridgehead atoms. The molecule has 0 saturated heterocycles. The van der Waals surface area contributed by atoms with Crippen LogP contribution in [0.4, 0.5) is 0 Å². The molecule has 28 heavy (non-hydrogen) atoms. The lowest BCUT2D eigenvalue weighted by Crippen LogP contribution is -2.25. The quantitative estimate of drug-likeness (QED) is 0.470. The molecule has 2 nitrogen and oxygen atoms in total. The summed E-state index contributed by atoms with van der Waals surface area (Å²) in [6, 6.07) is 19.7. The normalized spacial score (nSPS) is 19.2. The highest BCUT2D eigenvalue weighted by Gasteiger charge is 2.35. The molecule has 2 aromatic rings. The van der Waals surface area contributed by atoms with Crippen LogP contribution in [-0.4, -0.2) is 12.5 Å². The van der Waals surface area contributed by atoms with Gasteiger partial charge in [-0.05, 0) is 59.8 Å². The van der Waals surface area contributed by atoms with Crippen molar-refractivity contribution < 1.29 is 4.79 Å². The number of allylic oxidation sites excluding steroid dienone is 3. The second-order valence-corrected chi connectivity index (χ2v) is 8.30. The molecule has 3 rings (SSSR count). The van der Waals surface area contributed by atoms with E-state index in [0.717, 1.165) is 18.5 Å². The Hall–Kier alpha value is -2.61. The third-order valence-corrected chi connectivity index (χ3v) is 5.15. The van der Waals surface area contributed by atoms with Gasteiger partial charge in [0.25, 0.3) is 0 Å². The average Bonchev–Trinajstić information content (AvgIpc) is 3.46. The van der Waals surface area contributed by atoms with Crippen molar-refractivity contribution in [2.75, 3.05) is 6.54 Å². The summed E-state index contributed by atoms with van der Waals surface area (Å²) < 4.78 is 0. The maximum absolute atomic E-state index is 11.8. The first-order valence-electron chi connectivity index (χ1n) is 10.3. The zero-order chi connectivity index (χ0) is 19.9. The first-order chi connectivity index (χ1) is 13.5. The number of nitrogens with one attached hydrogen (secondary N) is 1. The predicted molar refractivity (Wildman–Crippen MR) is 117 cm³/mol. The lowest BCUT2D eigenvalue weighted by molar-refractivity contribution is -0.116. The Kier molecular flexibility index (Phi) is 6.86. The molecule has 0 spiro atoms. The first-order valence-corrected chi connectivity index (χ1v) is 10.3. The van der Waals surface area contributed by atoms with Crippen molar-refractivity contribution in [2.45, 2.75) is 39.5 Å². The van der Waals surface area contributed by atoms with Crippen LogP contribution in [0.3, 0.4) is 0 Å². The van der Waals surface area contributed by atoms with E-state index in [1.54, 1.807) is 6.08 Å². The third kappa shape index (κ3) is 6.23. The van der Waals surface area contributed by atoms with Crippen LogP contribution in [0.2, 0.25) is 0 Å². The largest absolute Gasteiger partial charge is 0.352 e. The molecule has 1 aliphatic rings. The Morgan fingerprint density at radius 2 is 1.75 bits per heavy atom. The zero-order valence-corrected chi connectivity index (χ0v) is 17.2. The summed E-state index contributed by atoms with van der Waals surface area (Å²) in [4.78, 5) is 11.8. The van der Waals surface area contributed by atoms with Crippen LogP contribution in [0.1, 0.15) is 49.8 Å². The van der Waals surface area contributed by atoms with Gasteiger partial charge in [-0.1, -0.05) is 80.6 Å². The van der Waals surface area contributed by atoms with E-state index in [0.29, 0.717) is 17.8 Å². The van der Waals surface area contributed by atoms with Crippen molar-refractivity contribution in [1.29, 1.82) is 0 Å². The standard InChI is InChI=1S/C26H31NO/c1-19(2)18-27-26(28)15-20(3)9-12-24-17-25(24)23-13-10-22(11-14-23)16-21-7-5-4-6-8-21/h4-15,19,24-25H,16-18H2,1-3H3,(H,27,28). The van der Waals surface area contributed by atoms with E-state index in [9.17, 15) is 4.79 Å². The van der Waals surface area contributed by atoms with E-state index in [-0.39, 0.29) is 5.91 Å². The molecular weight excluding hydrogens is 342 g/mol. The van der Waals surface area contributed by atoms with Gasteiger partial charge in [-0.2, -0.15) is 0 Å². The molecule has 1 N–H and O–H groups in total. The van der Waals surface area contributed by atoms with Crippen molar-refractivity contribution in [2.24, 2.45) is 11.8 Å². The van der Waals surface area contributed by atoms with E-state index < -0.39 is 0 Å². The van der Waals surface area contributed by atoms with Gasteiger partial charge in [-0.25, -0.2) is 0 Å². The van der Waals surface area contributed by atoms with Gasteiger partial charge in [0.05, 0.1) is 0 Å². The lowest BCUT2D eigenvalue weighted by atomic mass is 10.0. The molecule has 0 heterocycles. The highest BCUT2D eigenvalue weighted by molar-refractivity contribution is 5.88. The topological polar surface area (TPSA) is 29.1 Å². The fraction of sp³-hybridized carbons (Fsp3) is 0.346. The Labute approximate surface area is 169 Å². The number of amides is 1. The molecule has 2 unspecified atom stereocenters. The molecule has 1 saturated carbocycles. The predicted octanol–water partition coefficient (Wildman–Crippen LogP) is 5.66. The molecule has 1 fully saturated rings. The highest BCUT2D eigenvalue weighted by atomic mass is 16.1. The van der Waals surface area contributed by atoms with Crippen molar-refractivity contribution in [3.8, 4) is 0 Å². The van der Waals surface area contributed by atoms with Crippen molar-refractivity contribution in [3.63, 3.8) is 0 Å². The lowest BCUT2D eigenvalue weighted by Gasteiger charge is -2.05. The van der Waals surface area contributed by atoms with Crippen LogP contribution in [0.15, 0.2) is 78.4 Å². The van der Waals surface area contributed by atoms with E-state index >= 15 is 0 Å². The van der Waals surface area contributed by atoms with Crippen LogP contribution < -0.4 is 5.32 Å². The van der Waals surface area contributed by atoms with Crippen molar-refractivity contribution in [1.82, 2.24) is 5.32 Å². The van der Waals surface area contributed by atoms with Gasteiger partial charge in [-0.3, -0.25) is 4.79 Å². The second-order valence-electron chi connectivity index (χ2n) is 8.30. The molecule has 146 valence electrons. The Bertz CT molecular complexity index is 830. The molecule has 0 radical (unpaired) electrons. The molecule has 2 heteroatoms. The number of carbonyl (C=O) groups excluding carboxylic acids is 1. The summed E-state index contributed by atoms with van der Waals surface area (Å²) in [6.07, 6.45) is 8.21. The van der Waals surface area contributed by atoms with Crippen LogP contribution in [0, 0.1) is 11.8 Å². The van der Waals surface area contributed by atoms with E-state index in [1.807, 2.05) is 6.92 Å². The molecule has 1 amide bonds. The fourth-order valence-corrected chi connectivity index (χ4v) is 3.41. The summed E-state index contributed by atoms with van der Waals surface area (Å²) in [5, 5.41) is 2.92. The minimum Gasteiger partial charge on any atom is -0.352 e. The molecule has 0 aromatic heterocycles. The van der Waals surface area contributed by atoms with Gasteiger partial charge >= 0.3 is 0 Å². The van der Waals surface area contributed by atoms with Crippen LogP contribution in [0.25, 0.3) is 0 Å². The Morgan fingerprint density at radius 3 is 2.43 bits per heavy atom. The van der Waals surface area contributed by atoms with Crippen LogP contribution in [-0.2, 0) is 11.2 Å². The molecule has 1 aliphatic carbocycles. The van der Waals surface area contributed by atoms with Gasteiger partial charge in [-0.15, -0.1) is 0 Å². The van der Waals surface area contributed by atoms with E-state index in [2.05, 4.69) is 85.9 Å². The van der Waals surface area contributed by atoms with Crippen molar-refractivity contribution in [3.05, 3.63) is 95.1 Å². The van der Waals surface area contributed by atoms with Crippen molar-refractivity contribution >= 4 is 5.91 Å². The van der Waals surface area contributed by atoms with E-state index in [1.165, 1.54) is 23.1 Å². The summed E-state index contributed by atoms with van der Waals surface area (Å²) in [7, 11) is 0. The van der Waals surface area contributed by atoms with Gasteiger partial charge in [0.2, 0.25) is 5.91 Å². The number of rotatable bonds is 8. The number of hydrogen-bond acceptors (Lipinski definition) is 1. The summed E-state index contributed by atoms with van der Waals surface area (Å²) in [5.41, 5.74) is 5.13. The Balaban J connectivity index is 1.49. The van der Waals surface area contributed by atoms with E-state index in [4.69, 9.17) is 0 Å². The summed E-state index contributed by atoms with van der Waals surface area (Å²) in [6.45, 7) is 6.90. The molecular formula is C26H31NO. The van der Waals surface area contributed by atoms with Gasteiger partial charge in [0, 0.05) is 12.6 Å². The highest BCUT2D eigenvalue weighted by Crippen LogP contribution is 2.48.